The van der Waals surface area contributed by atoms with E-state index in [1.54, 1.807) is 30.3 Å². The Kier molecular flexibility index (Phi) is 3.54. The summed E-state index contributed by atoms with van der Waals surface area (Å²) in [6.45, 7) is 7.38. The molecule has 0 heterocycles. The van der Waals surface area contributed by atoms with E-state index >= 15 is 0 Å². The van der Waals surface area contributed by atoms with Crippen LogP contribution in [0.2, 0.25) is 5.02 Å². The molecule has 106 valence electrons. The average Bonchev–Trinajstić information content (AvgIpc) is 2.54. The Balaban J connectivity index is 2.45. The van der Waals surface area contributed by atoms with Gasteiger partial charge in [-0.1, -0.05) is 48.0 Å². The lowest BCUT2D eigenvalue weighted by Crippen LogP contribution is -1.96. The highest BCUT2D eigenvalue weighted by molar-refractivity contribution is 6.34. The number of benzene rings is 3. The van der Waals surface area contributed by atoms with E-state index in [2.05, 4.69) is 4.85 Å². The van der Waals surface area contributed by atoms with Gasteiger partial charge in [0.2, 0.25) is 0 Å². The van der Waals surface area contributed by atoms with Crippen molar-refractivity contribution in [1.29, 1.82) is 0 Å². The van der Waals surface area contributed by atoms with E-state index in [1.165, 1.54) is 0 Å². The topological polar surface area (TPSA) is 41.7 Å². The number of carboxylic acids is 1. The lowest BCUT2D eigenvalue weighted by atomic mass is 9.95. The largest absolute Gasteiger partial charge is 0.478 e. The van der Waals surface area contributed by atoms with Crippen molar-refractivity contribution in [2.45, 2.75) is 0 Å². The quantitative estimate of drug-likeness (QED) is 0.643. The van der Waals surface area contributed by atoms with Gasteiger partial charge in [-0.2, -0.15) is 0 Å². The van der Waals surface area contributed by atoms with E-state index in [4.69, 9.17) is 18.2 Å². The highest BCUT2D eigenvalue weighted by Crippen LogP contribution is 2.40. The Hall–Kier alpha value is -2.83. The Bertz CT molecular complexity index is 941. The number of fused-ring (bicyclic) bond motifs is 1. The second kappa shape index (κ2) is 5.51. The molecule has 0 spiro atoms. The Morgan fingerprint density at radius 3 is 2.50 bits per heavy atom. The molecule has 3 aromatic rings. The van der Waals surface area contributed by atoms with Gasteiger partial charge in [0.15, 0.2) is 5.69 Å². The highest BCUT2D eigenvalue weighted by Gasteiger charge is 2.14. The molecule has 0 saturated carbocycles. The summed E-state index contributed by atoms with van der Waals surface area (Å²) in [5.41, 5.74) is 2.02. The highest BCUT2D eigenvalue weighted by atomic mass is 35.5. The fourth-order valence-corrected chi connectivity index (χ4v) is 2.71. The van der Waals surface area contributed by atoms with Crippen molar-refractivity contribution in [2.75, 3.05) is 0 Å². The number of hydrogen-bond acceptors (Lipinski definition) is 1. The number of aromatic carboxylic acids is 1. The maximum Gasteiger partial charge on any atom is 0.335 e. The van der Waals surface area contributed by atoms with E-state index in [9.17, 15) is 9.90 Å². The summed E-state index contributed by atoms with van der Waals surface area (Å²) in [4.78, 5) is 14.8. The monoisotopic (exact) mass is 307 g/mol. The van der Waals surface area contributed by atoms with Gasteiger partial charge in [-0.25, -0.2) is 9.64 Å². The van der Waals surface area contributed by atoms with Crippen molar-refractivity contribution in [3.8, 4) is 11.1 Å². The SMILES string of the molecule is [C-]#[N+]c1ccc2ccc(C(=O)O)cc2c1-c1ccccc1Cl. The van der Waals surface area contributed by atoms with Gasteiger partial charge in [-0.3, -0.25) is 0 Å². The minimum absolute atomic E-state index is 0.183. The van der Waals surface area contributed by atoms with Crippen LogP contribution in [0.25, 0.3) is 26.7 Å². The molecule has 3 aromatic carbocycles. The molecule has 0 aliphatic carbocycles. The van der Waals surface area contributed by atoms with Crippen molar-refractivity contribution in [2.24, 2.45) is 0 Å². The van der Waals surface area contributed by atoms with Crippen LogP contribution in [0.3, 0.4) is 0 Å². The molecule has 0 radical (unpaired) electrons. The summed E-state index contributed by atoms with van der Waals surface area (Å²) >= 11 is 6.27. The summed E-state index contributed by atoms with van der Waals surface area (Å²) < 4.78 is 0. The third kappa shape index (κ3) is 2.30. The van der Waals surface area contributed by atoms with Gasteiger partial charge >= 0.3 is 5.97 Å². The first-order chi connectivity index (χ1) is 10.6. The van der Waals surface area contributed by atoms with Gasteiger partial charge in [-0.15, -0.1) is 0 Å². The van der Waals surface area contributed by atoms with Crippen molar-refractivity contribution in [3.05, 3.63) is 76.6 Å². The number of carboxylic acid groups (broad SMARTS) is 1. The molecule has 0 aromatic heterocycles. The first-order valence-corrected chi connectivity index (χ1v) is 6.92. The lowest BCUT2D eigenvalue weighted by Gasteiger charge is -2.12. The molecule has 0 amide bonds. The van der Waals surface area contributed by atoms with Crippen LogP contribution in [0.5, 0.6) is 0 Å². The van der Waals surface area contributed by atoms with Crippen molar-refractivity contribution >= 4 is 34.0 Å². The van der Waals surface area contributed by atoms with E-state index in [0.717, 1.165) is 10.9 Å². The molecule has 0 aliphatic heterocycles. The predicted octanol–water partition coefficient (Wildman–Crippen LogP) is 5.41. The minimum Gasteiger partial charge on any atom is -0.478 e. The van der Waals surface area contributed by atoms with E-state index in [0.29, 0.717) is 21.7 Å². The molecule has 0 unspecified atom stereocenters. The second-order valence-corrected chi connectivity index (χ2v) is 5.20. The fraction of sp³-hybridized carbons (Fsp3) is 0. The molecule has 3 rings (SSSR count). The number of carbonyl (C=O) groups is 1. The molecule has 0 saturated heterocycles. The Morgan fingerprint density at radius 1 is 1.09 bits per heavy atom. The average molecular weight is 308 g/mol. The third-order valence-electron chi connectivity index (χ3n) is 3.51. The van der Waals surface area contributed by atoms with Crippen LogP contribution in [-0.2, 0) is 0 Å². The Labute approximate surface area is 132 Å². The number of hydrogen-bond donors (Lipinski definition) is 1. The van der Waals surface area contributed by atoms with Crippen LogP contribution in [-0.4, -0.2) is 11.1 Å². The fourth-order valence-electron chi connectivity index (χ4n) is 2.48. The van der Waals surface area contributed by atoms with Crippen LogP contribution in [0.1, 0.15) is 10.4 Å². The van der Waals surface area contributed by atoms with Gasteiger partial charge < -0.3 is 5.11 Å². The first kappa shape index (κ1) is 14.1. The normalized spacial score (nSPS) is 10.4. The van der Waals surface area contributed by atoms with Gasteiger partial charge in [-0.05, 0) is 40.1 Å². The van der Waals surface area contributed by atoms with E-state index in [1.807, 2.05) is 24.3 Å². The molecule has 0 aliphatic rings. The molecule has 0 fully saturated rings. The van der Waals surface area contributed by atoms with Crippen LogP contribution >= 0.6 is 11.6 Å². The van der Waals surface area contributed by atoms with E-state index in [-0.39, 0.29) is 5.56 Å². The molecule has 0 atom stereocenters. The van der Waals surface area contributed by atoms with Gasteiger partial charge in [0.25, 0.3) is 0 Å². The van der Waals surface area contributed by atoms with Crippen molar-refractivity contribution < 1.29 is 9.90 Å². The number of nitrogens with zero attached hydrogens (tertiary/aromatic N) is 1. The summed E-state index contributed by atoms with van der Waals surface area (Å²) in [6.07, 6.45) is 0. The first-order valence-electron chi connectivity index (χ1n) is 6.54. The smallest absolute Gasteiger partial charge is 0.335 e. The third-order valence-corrected chi connectivity index (χ3v) is 3.84. The van der Waals surface area contributed by atoms with Gasteiger partial charge in [0.1, 0.15) is 0 Å². The predicted molar refractivity (Wildman–Crippen MR) is 87.6 cm³/mol. The zero-order chi connectivity index (χ0) is 15.7. The molecule has 1 N–H and O–H groups in total. The number of halogens is 1. The van der Waals surface area contributed by atoms with Crippen LogP contribution < -0.4 is 0 Å². The number of rotatable bonds is 2. The summed E-state index contributed by atoms with van der Waals surface area (Å²) in [5.74, 6) is -1.000. The summed E-state index contributed by atoms with van der Waals surface area (Å²) in [6, 6.07) is 15.7. The second-order valence-electron chi connectivity index (χ2n) is 4.79. The van der Waals surface area contributed by atoms with Crippen molar-refractivity contribution in [3.63, 3.8) is 0 Å². The lowest BCUT2D eigenvalue weighted by molar-refractivity contribution is 0.0697. The molecular formula is C18H10ClNO2. The summed E-state index contributed by atoms with van der Waals surface area (Å²) in [7, 11) is 0. The molecular weight excluding hydrogens is 298 g/mol. The van der Waals surface area contributed by atoms with Crippen LogP contribution in [0.15, 0.2) is 54.6 Å². The van der Waals surface area contributed by atoms with Gasteiger partial charge in [0.05, 0.1) is 12.1 Å². The van der Waals surface area contributed by atoms with Crippen LogP contribution in [0.4, 0.5) is 5.69 Å². The maximum atomic E-state index is 11.2. The molecule has 22 heavy (non-hydrogen) atoms. The molecule has 0 bridgehead atoms. The molecule has 3 nitrogen and oxygen atoms in total. The standard InChI is InChI=1S/C18H10ClNO2/c1-20-16-9-8-11-6-7-12(18(21)22)10-14(11)17(16)13-4-2-3-5-15(13)19/h2-10H,(H,21,22). The van der Waals surface area contributed by atoms with Gasteiger partial charge in [0, 0.05) is 5.02 Å². The zero-order valence-electron chi connectivity index (χ0n) is 11.4. The van der Waals surface area contributed by atoms with E-state index < -0.39 is 5.97 Å². The Morgan fingerprint density at radius 2 is 1.82 bits per heavy atom. The van der Waals surface area contributed by atoms with Crippen LogP contribution in [0, 0.1) is 6.57 Å². The zero-order valence-corrected chi connectivity index (χ0v) is 12.1. The summed E-state index contributed by atoms with van der Waals surface area (Å²) in [5, 5.41) is 11.3. The maximum absolute atomic E-state index is 11.2. The molecule has 4 heteroatoms. The minimum atomic E-state index is -1.000. The van der Waals surface area contributed by atoms with Crippen molar-refractivity contribution in [1.82, 2.24) is 0 Å².